The summed E-state index contributed by atoms with van der Waals surface area (Å²) in [5, 5.41) is 8.49. The van der Waals surface area contributed by atoms with E-state index in [9.17, 15) is 14.4 Å². The second-order valence-corrected chi connectivity index (χ2v) is 6.54. The van der Waals surface area contributed by atoms with E-state index in [0.29, 0.717) is 29.4 Å². The quantitative estimate of drug-likeness (QED) is 0.719. The van der Waals surface area contributed by atoms with Crippen molar-refractivity contribution in [3.05, 3.63) is 47.4 Å². The van der Waals surface area contributed by atoms with Gasteiger partial charge in [-0.2, -0.15) is 0 Å². The molecule has 0 radical (unpaired) electrons. The summed E-state index contributed by atoms with van der Waals surface area (Å²) < 4.78 is 4.85. The number of furan rings is 1. The van der Waals surface area contributed by atoms with Gasteiger partial charge in [0.1, 0.15) is 12.3 Å². The Kier molecular flexibility index (Phi) is 5.66. The number of hydrogen-bond donors (Lipinski definition) is 3. The average Bonchev–Trinajstić information content (AvgIpc) is 3.16. The highest BCUT2D eigenvalue weighted by Crippen LogP contribution is 2.29. The molecule has 9 heteroatoms. The largest absolute Gasteiger partial charge is 0.472 e. The van der Waals surface area contributed by atoms with Crippen LogP contribution in [0.15, 0.2) is 41.2 Å². The summed E-state index contributed by atoms with van der Waals surface area (Å²) in [5.74, 6) is -0.840. The smallest absolute Gasteiger partial charge is 0.255 e. The average molecular weight is 391 g/mol. The van der Waals surface area contributed by atoms with Crippen LogP contribution in [0, 0.1) is 0 Å². The minimum Gasteiger partial charge on any atom is -0.472 e. The van der Waals surface area contributed by atoms with Crippen molar-refractivity contribution in [1.82, 2.24) is 10.6 Å². The highest BCUT2D eigenvalue weighted by molar-refractivity contribution is 6.33. The molecule has 1 aromatic carbocycles. The number of rotatable bonds is 5. The molecule has 8 nitrogen and oxygen atoms in total. The molecule has 1 aliphatic heterocycles. The van der Waals surface area contributed by atoms with E-state index >= 15 is 0 Å². The van der Waals surface area contributed by atoms with Crippen molar-refractivity contribution in [3.8, 4) is 0 Å². The Balaban J connectivity index is 1.61. The number of benzene rings is 1. The standard InChI is InChI=1S/C18H19ClN4O4/c1-11(21-18(26)12-4-7-27-10-12)17(25)22-13-2-3-15(14(19)8-13)23-6-5-20-16(24)9-23/h2-4,7-8,10-11H,5-6,9H2,1H3,(H,20,24)(H,21,26)(H,22,25)/t11-/m0/s1. The van der Waals surface area contributed by atoms with Crippen molar-refractivity contribution in [2.24, 2.45) is 0 Å². The van der Waals surface area contributed by atoms with Gasteiger partial charge in [0, 0.05) is 18.8 Å². The van der Waals surface area contributed by atoms with Crippen molar-refractivity contribution < 1.29 is 18.8 Å². The van der Waals surface area contributed by atoms with Crippen LogP contribution in [0.25, 0.3) is 0 Å². The Morgan fingerprint density at radius 2 is 2.15 bits per heavy atom. The van der Waals surface area contributed by atoms with Gasteiger partial charge in [-0.1, -0.05) is 11.6 Å². The third-order valence-electron chi connectivity index (χ3n) is 4.12. The van der Waals surface area contributed by atoms with E-state index in [0.717, 1.165) is 5.69 Å². The molecule has 142 valence electrons. The summed E-state index contributed by atoms with van der Waals surface area (Å²) in [6.45, 7) is 3.04. The summed E-state index contributed by atoms with van der Waals surface area (Å²) >= 11 is 6.32. The molecule has 2 heterocycles. The van der Waals surface area contributed by atoms with Crippen LogP contribution in [0.4, 0.5) is 11.4 Å². The Morgan fingerprint density at radius 1 is 1.33 bits per heavy atom. The van der Waals surface area contributed by atoms with Gasteiger partial charge in [0.15, 0.2) is 0 Å². The third-order valence-corrected chi connectivity index (χ3v) is 4.42. The maximum atomic E-state index is 12.3. The van der Waals surface area contributed by atoms with E-state index in [2.05, 4.69) is 16.0 Å². The van der Waals surface area contributed by atoms with Crippen LogP contribution in [0.3, 0.4) is 0 Å². The van der Waals surface area contributed by atoms with E-state index in [1.807, 2.05) is 4.90 Å². The Labute approximate surface area is 160 Å². The van der Waals surface area contributed by atoms with Crippen molar-refractivity contribution >= 4 is 40.7 Å². The minimum atomic E-state index is -0.753. The summed E-state index contributed by atoms with van der Waals surface area (Å²) in [5.41, 5.74) is 1.57. The van der Waals surface area contributed by atoms with E-state index in [1.54, 1.807) is 25.1 Å². The molecular formula is C18H19ClN4O4. The molecule has 1 atom stereocenters. The maximum Gasteiger partial charge on any atom is 0.255 e. The van der Waals surface area contributed by atoms with E-state index in [1.165, 1.54) is 18.6 Å². The fourth-order valence-corrected chi connectivity index (χ4v) is 2.98. The van der Waals surface area contributed by atoms with Gasteiger partial charge in [-0.05, 0) is 31.2 Å². The van der Waals surface area contributed by atoms with E-state index in [4.69, 9.17) is 16.0 Å². The number of carbonyl (C=O) groups excluding carboxylic acids is 3. The number of carbonyl (C=O) groups is 3. The first kappa shape index (κ1) is 18.8. The van der Waals surface area contributed by atoms with E-state index in [-0.39, 0.29) is 18.4 Å². The molecule has 3 N–H and O–H groups in total. The molecule has 3 amide bonds. The van der Waals surface area contributed by atoms with Gasteiger partial charge in [-0.3, -0.25) is 14.4 Å². The first-order valence-corrected chi connectivity index (χ1v) is 8.77. The van der Waals surface area contributed by atoms with E-state index < -0.39 is 11.9 Å². The lowest BCUT2D eigenvalue weighted by Gasteiger charge is -2.29. The molecule has 0 unspecified atom stereocenters. The third kappa shape index (κ3) is 4.59. The molecule has 0 aliphatic carbocycles. The second-order valence-electron chi connectivity index (χ2n) is 6.13. The van der Waals surface area contributed by atoms with Gasteiger partial charge >= 0.3 is 0 Å². The summed E-state index contributed by atoms with van der Waals surface area (Å²) in [6, 6.07) is 5.84. The Morgan fingerprint density at radius 3 is 2.81 bits per heavy atom. The van der Waals surface area contributed by atoms with Crippen LogP contribution in [-0.2, 0) is 9.59 Å². The monoisotopic (exact) mass is 390 g/mol. The highest BCUT2D eigenvalue weighted by atomic mass is 35.5. The molecule has 27 heavy (non-hydrogen) atoms. The predicted molar refractivity (Wildman–Crippen MR) is 101 cm³/mol. The molecule has 0 bridgehead atoms. The zero-order valence-electron chi connectivity index (χ0n) is 14.6. The first-order valence-electron chi connectivity index (χ1n) is 8.39. The number of hydrogen-bond acceptors (Lipinski definition) is 5. The lowest BCUT2D eigenvalue weighted by atomic mass is 10.2. The van der Waals surface area contributed by atoms with Gasteiger partial charge in [-0.25, -0.2) is 0 Å². The van der Waals surface area contributed by atoms with Crippen LogP contribution in [0.2, 0.25) is 5.02 Å². The van der Waals surface area contributed by atoms with Crippen LogP contribution in [-0.4, -0.2) is 43.4 Å². The van der Waals surface area contributed by atoms with Crippen molar-refractivity contribution in [3.63, 3.8) is 0 Å². The zero-order valence-corrected chi connectivity index (χ0v) is 15.4. The lowest BCUT2D eigenvalue weighted by molar-refractivity contribution is -0.120. The van der Waals surface area contributed by atoms with Gasteiger partial charge in [0.25, 0.3) is 5.91 Å². The lowest BCUT2D eigenvalue weighted by Crippen LogP contribution is -2.47. The van der Waals surface area contributed by atoms with Crippen LogP contribution in [0.1, 0.15) is 17.3 Å². The van der Waals surface area contributed by atoms with Crippen LogP contribution in [0.5, 0.6) is 0 Å². The molecular weight excluding hydrogens is 372 g/mol. The topological polar surface area (TPSA) is 104 Å². The Bertz CT molecular complexity index is 853. The first-order chi connectivity index (χ1) is 12.9. The number of anilines is 2. The number of piperazine rings is 1. The molecule has 0 spiro atoms. The van der Waals surface area contributed by atoms with Gasteiger partial charge in [-0.15, -0.1) is 0 Å². The van der Waals surface area contributed by atoms with Gasteiger partial charge < -0.3 is 25.3 Å². The second kappa shape index (κ2) is 8.13. The molecule has 2 aromatic rings. The number of nitrogens with zero attached hydrogens (tertiary/aromatic N) is 1. The molecule has 0 saturated carbocycles. The van der Waals surface area contributed by atoms with Gasteiger partial charge in [0.05, 0.1) is 29.1 Å². The maximum absolute atomic E-state index is 12.3. The Hall–Kier alpha value is -3.00. The van der Waals surface area contributed by atoms with Crippen molar-refractivity contribution in [2.45, 2.75) is 13.0 Å². The SMILES string of the molecule is C[C@H](NC(=O)c1ccoc1)C(=O)Nc1ccc(N2CCNC(=O)C2)c(Cl)c1. The van der Waals surface area contributed by atoms with Crippen LogP contribution >= 0.6 is 11.6 Å². The molecule has 3 rings (SSSR count). The van der Waals surface area contributed by atoms with Crippen molar-refractivity contribution in [1.29, 1.82) is 0 Å². The summed E-state index contributed by atoms with van der Waals surface area (Å²) in [6.07, 6.45) is 2.69. The van der Waals surface area contributed by atoms with Crippen molar-refractivity contribution in [2.75, 3.05) is 29.9 Å². The number of nitrogens with one attached hydrogen (secondary N) is 3. The molecule has 1 fully saturated rings. The van der Waals surface area contributed by atoms with Gasteiger partial charge in [0.2, 0.25) is 11.8 Å². The fourth-order valence-electron chi connectivity index (χ4n) is 2.68. The molecule has 1 aromatic heterocycles. The minimum absolute atomic E-state index is 0.0584. The number of amides is 3. The molecule has 1 saturated heterocycles. The predicted octanol–water partition coefficient (Wildman–Crippen LogP) is 1.63. The highest BCUT2D eigenvalue weighted by Gasteiger charge is 2.20. The number of halogens is 1. The normalized spacial score (nSPS) is 15.0. The molecule has 1 aliphatic rings. The fraction of sp³-hybridized carbons (Fsp3) is 0.278. The zero-order chi connectivity index (χ0) is 19.4. The van der Waals surface area contributed by atoms with Crippen LogP contribution < -0.4 is 20.9 Å². The summed E-state index contributed by atoms with van der Waals surface area (Å²) in [4.78, 5) is 37.7. The summed E-state index contributed by atoms with van der Waals surface area (Å²) in [7, 11) is 0.